The van der Waals surface area contributed by atoms with Crippen LogP contribution in [0, 0.1) is 0 Å². The molecule has 0 fully saturated rings. The fraction of sp³-hybridized carbons (Fsp3) is 1.00. The van der Waals surface area contributed by atoms with Crippen LogP contribution in [0.25, 0.3) is 0 Å². The van der Waals surface area contributed by atoms with Crippen LogP contribution in [0.4, 0.5) is 0 Å². The molecule has 80 valence electrons. The molecular weight excluding hydrogens is 160 g/mol. The first-order chi connectivity index (χ1) is 6.31. The molecule has 0 aromatic carbocycles. The Hall–Kier alpha value is -0.0800. The van der Waals surface area contributed by atoms with Gasteiger partial charge >= 0.3 is 0 Å². The predicted octanol–water partition coefficient (Wildman–Crippen LogP) is 2.11. The summed E-state index contributed by atoms with van der Waals surface area (Å²) in [5, 5.41) is 3.35. The van der Waals surface area contributed by atoms with Gasteiger partial charge in [0.05, 0.1) is 0 Å². The number of nitrogens with zero attached hydrogens (tertiary/aromatic N) is 1. The van der Waals surface area contributed by atoms with Gasteiger partial charge in [0.15, 0.2) is 0 Å². The topological polar surface area (TPSA) is 15.3 Å². The van der Waals surface area contributed by atoms with Crippen LogP contribution in [0.5, 0.6) is 0 Å². The van der Waals surface area contributed by atoms with Gasteiger partial charge in [0.25, 0.3) is 0 Å². The average molecular weight is 186 g/mol. The molecule has 0 saturated carbocycles. The Morgan fingerprint density at radius 2 is 1.77 bits per heavy atom. The summed E-state index contributed by atoms with van der Waals surface area (Å²) in [6.07, 6.45) is 5.31. The Morgan fingerprint density at radius 3 is 2.38 bits per heavy atom. The zero-order chi connectivity index (χ0) is 9.94. The third kappa shape index (κ3) is 9.84. The molecule has 0 bridgehead atoms. The van der Waals surface area contributed by atoms with Crippen LogP contribution in [0.1, 0.15) is 39.5 Å². The van der Waals surface area contributed by atoms with Gasteiger partial charge in [-0.1, -0.05) is 20.3 Å². The second-order valence-electron chi connectivity index (χ2n) is 3.72. The molecule has 0 aliphatic carbocycles. The highest BCUT2D eigenvalue weighted by Crippen LogP contribution is 1.97. The third-order valence-electron chi connectivity index (χ3n) is 2.25. The quantitative estimate of drug-likeness (QED) is 0.555. The van der Waals surface area contributed by atoms with Crippen molar-refractivity contribution in [1.29, 1.82) is 0 Å². The summed E-state index contributed by atoms with van der Waals surface area (Å²) in [5.74, 6) is 0. The summed E-state index contributed by atoms with van der Waals surface area (Å²) < 4.78 is 0. The first kappa shape index (κ1) is 12.9. The van der Waals surface area contributed by atoms with E-state index >= 15 is 0 Å². The zero-order valence-electron chi connectivity index (χ0n) is 9.60. The third-order valence-corrected chi connectivity index (χ3v) is 2.25. The highest BCUT2D eigenvalue weighted by molar-refractivity contribution is 4.52. The van der Waals surface area contributed by atoms with E-state index in [1.807, 2.05) is 0 Å². The molecule has 0 amide bonds. The van der Waals surface area contributed by atoms with Crippen molar-refractivity contribution in [3.8, 4) is 0 Å². The Morgan fingerprint density at radius 1 is 1.00 bits per heavy atom. The van der Waals surface area contributed by atoms with Crippen molar-refractivity contribution in [1.82, 2.24) is 10.2 Å². The molecule has 0 unspecified atom stereocenters. The summed E-state index contributed by atoms with van der Waals surface area (Å²) in [6, 6.07) is 0. The minimum atomic E-state index is 1.11. The molecule has 0 radical (unpaired) electrons. The van der Waals surface area contributed by atoms with Crippen molar-refractivity contribution in [2.24, 2.45) is 0 Å². The zero-order valence-corrected chi connectivity index (χ0v) is 9.60. The largest absolute Gasteiger partial charge is 0.317 e. The van der Waals surface area contributed by atoms with Crippen LogP contribution < -0.4 is 5.32 Å². The van der Waals surface area contributed by atoms with Gasteiger partial charge < -0.3 is 10.2 Å². The van der Waals surface area contributed by atoms with E-state index in [2.05, 4.69) is 31.1 Å². The van der Waals surface area contributed by atoms with E-state index in [0.29, 0.717) is 0 Å². The number of hydrogen-bond donors (Lipinski definition) is 1. The van der Waals surface area contributed by atoms with Gasteiger partial charge in [0.1, 0.15) is 0 Å². The van der Waals surface area contributed by atoms with E-state index in [9.17, 15) is 0 Å². The van der Waals surface area contributed by atoms with E-state index in [4.69, 9.17) is 0 Å². The second-order valence-corrected chi connectivity index (χ2v) is 3.72. The first-order valence-electron chi connectivity index (χ1n) is 5.70. The molecule has 13 heavy (non-hydrogen) atoms. The van der Waals surface area contributed by atoms with Crippen molar-refractivity contribution >= 4 is 0 Å². The van der Waals surface area contributed by atoms with Gasteiger partial charge in [-0.25, -0.2) is 0 Å². The number of hydrogen-bond acceptors (Lipinski definition) is 2. The molecule has 2 heteroatoms. The lowest BCUT2D eigenvalue weighted by Crippen LogP contribution is -2.20. The summed E-state index contributed by atoms with van der Waals surface area (Å²) >= 11 is 0. The predicted molar refractivity (Wildman–Crippen MR) is 60.2 cm³/mol. The minimum Gasteiger partial charge on any atom is -0.317 e. The molecule has 0 aliphatic heterocycles. The first-order valence-corrected chi connectivity index (χ1v) is 5.70. The summed E-state index contributed by atoms with van der Waals surface area (Å²) in [4.78, 5) is 2.42. The molecule has 0 aromatic rings. The maximum atomic E-state index is 3.35. The molecule has 0 heterocycles. The number of nitrogens with one attached hydrogen (secondary N) is 1. The van der Waals surface area contributed by atoms with Gasteiger partial charge in [-0.15, -0.1) is 0 Å². The summed E-state index contributed by atoms with van der Waals surface area (Å²) in [6.45, 7) is 9.20. The van der Waals surface area contributed by atoms with E-state index in [-0.39, 0.29) is 0 Å². The van der Waals surface area contributed by atoms with Crippen LogP contribution in [-0.2, 0) is 0 Å². The SMILES string of the molecule is CCCN(C)CCCCCNCC. The van der Waals surface area contributed by atoms with Crippen LogP contribution in [0.3, 0.4) is 0 Å². The van der Waals surface area contributed by atoms with Gasteiger partial charge in [0, 0.05) is 0 Å². The Balaban J connectivity index is 2.97. The molecule has 0 rings (SSSR count). The maximum absolute atomic E-state index is 3.35. The molecule has 2 nitrogen and oxygen atoms in total. The lowest BCUT2D eigenvalue weighted by atomic mass is 10.2. The molecule has 0 saturated heterocycles. The van der Waals surface area contributed by atoms with Crippen molar-refractivity contribution in [3.05, 3.63) is 0 Å². The summed E-state index contributed by atoms with van der Waals surface area (Å²) in [5.41, 5.74) is 0. The van der Waals surface area contributed by atoms with E-state index in [0.717, 1.165) is 6.54 Å². The average Bonchev–Trinajstić information content (AvgIpc) is 2.11. The fourth-order valence-corrected chi connectivity index (χ4v) is 1.48. The highest BCUT2D eigenvalue weighted by atomic mass is 15.1. The maximum Gasteiger partial charge on any atom is -0.00218 e. The molecule has 0 aromatic heterocycles. The van der Waals surface area contributed by atoms with Gasteiger partial charge in [-0.05, 0) is 52.5 Å². The van der Waals surface area contributed by atoms with Crippen LogP contribution in [-0.4, -0.2) is 38.1 Å². The molecule has 1 N–H and O–H groups in total. The fourth-order valence-electron chi connectivity index (χ4n) is 1.48. The lowest BCUT2D eigenvalue weighted by Gasteiger charge is -2.14. The lowest BCUT2D eigenvalue weighted by molar-refractivity contribution is 0.325. The number of unbranched alkanes of at least 4 members (excludes halogenated alkanes) is 2. The van der Waals surface area contributed by atoms with Gasteiger partial charge in [-0.3, -0.25) is 0 Å². The van der Waals surface area contributed by atoms with Crippen LogP contribution in [0.15, 0.2) is 0 Å². The van der Waals surface area contributed by atoms with Crippen molar-refractivity contribution in [2.75, 3.05) is 33.2 Å². The Labute approximate surface area is 83.7 Å². The van der Waals surface area contributed by atoms with Crippen molar-refractivity contribution in [3.63, 3.8) is 0 Å². The van der Waals surface area contributed by atoms with E-state index in [1.165, 1.54) is 45.3 Å². The van der Waals surface area contributed by atoms with Gasteiger partial charge in [-0.2, -0.15) is 0 Å². The van der Waals surface area contributed by atoms with Gasteiger partial charge in [0.2, 0.25) is 0 Å². The summed E-state index contributed by atoms with van der Waals surface area (Å²) in [7, 11) is 2.22. The van der Waals surface area contributed by atoms with E-state index < -0.39 is 0 Å². The smallest absolute Gasteiger partial charge is 0.00218 e. The molecule has 0 spiro atoms. The molecule has 0 atom stereocenters. The standard InChI is InChI=1S/C11H26N2/c1-4-10-13(3)11-8-6-7-9-12-5-2/h12H,4-11H2,1-3H3. The van der Waals surface area contributed by atoms with Crippen molar-refractivity contribution < 1.29 is 0 Å². The number of rotatable bonds is 9. The Kier molecular flexibility index (Phi) is 9.94. The van der Waals surface area contributed by atoms with Crippen LogP contribution >= 0.6 is 0 Å². The molecule has 0 aliphatic rings. The highest BCUT2D eigenvalue weighted by Gasteiger charge is 1.95. The molecular formula is C11H26N2. The monoisotopic (exact) mass is 186 g/mol. The normalized spacial score (nSPS) is 11.1. The van der Waals surface area contributed by atoms with Crippen LogP contribution in [0.2, 0.25) is 0 Å². The minimum absolute atomic E-state index is 1.11. The van der Waals surface area contributed by atoms with Crippen molar-refractivity contribution in [2.45, 2.75) is 39.5 Å². The Bertz CT molecular complexity index is 94.1. The second kappa shape index (κ2) is 10.0. The van der Waals surface area contributed by atoms with E-state index in [1.54, 1.807) is 0 Å².